The maximum atomic E-state index is 9.12. The lowest BCUT2D eigenvalue weighted by Gasteiger charge is -2.24. The van der Waals surface area contributed by atoms with Crippen molar-refractivity contribution in [3.8, 4) is 11.8 Å². The summed E-state index contributed by atoms with van der Waals surface area (Å²) in [5.74, 6) is 1.46. The highest BCUT2D eigenvalue weighted by Gasteiger charge is 2.16. The molecule has 23 heavy (non-hydrogen) atoms. The van der Waals surface area contributed by atoms with E-state index in [9.17, 15) is 0 Å². The summed E-state index contributed by atoms with van der Waals surface area (Å²) in [6, 6.07) is 11.5. The zero-order valence-corrected chi connectivity index (χ0v) is 13.1. The molecule has 0 aliphatic carbocycles. The van der Waals surface area contributed by atoms with E-state index < -0.39 is 0 Å². The number of rotatable bonds is 4. The summed E-state index contributed by atoms with van der Waals surface area (Å²) >= 11 is 0. The molecule has 1 N–H and O–H groups in total. The van der Waals surface area contributed by atoms with Gasteiger partial charge in [-0.05, 0) is 42.8 Å². The average molecular weight is 309 g/mol. The SMILES string of the molecule is Cc1cc(Nc2ncccc2C#N)ccc1OC1CCOCC1. The summed E-state index contributed by atoms with van der Waals surface area (Å²) in [5.41, 5.74) is 2.46. The van der Waals surface area contributed by atoms with Gasteiger partial charge in [-0.3, -0.25) is 0 Å². The highest BCUT2D eigenvalue weighted by atomic mass is 16.5. The lowest BCUT2D eigenvalue weighted by atomic mass is 10.1. The van der Waals surface area contributed by atoms with E-state index in [0.717, 1.165) is 43.1 Å². The largest absolute Gasteiger partial charge is 0.490 e. The third-order valence-electron chi connectivity index (χ3n) is 3.83. The Morgan fingerprint density at radius 1 is 1.30 bits per heavy atom. The fourth-order valence-electron chi connectivity index (χ4n) is 2.56. The van der Waals surface area contributed by atoms with Crippen LogP contribution in [0.4, 0.5) is 11.5 Å². The van der Waals surface area contributed by atoms with Gasteiger partial charge in [-0.15, -0.1) is 0 Å². The molecule has 0 bridgehead atoms. The van der Waals surface area contributed by atoms with E-state index in [2.05, 4.69) is 16.4 Å². The Morgan fingerprint density at radius 2 is 2.13 bits per heavy atom. The third-order valence-corrected chi connectivity index (χ3v) is 3.83. The van der Waals surface area contributed by atoms with Crippen molar-refractivity contribution in [1.29, 1.82) is 5.26 Å². The predicted molar refractivity (Wildman–Crippen MR) is 87.9 cm³/mol. The quantitative estimate of drug-likeness (QED) is 0.935. The van der Waals surface area contributed by atoms with E-state index in [1.807, 2.05) is 25.1 Å². The first kappa shape index (κ1) is 15.3. The first-order valence-electron chi connectivity index (χ1n) is 7.73. The fourth-order valence-corrected chi connectivity index (χ4v) is 2.56. The molecule has 5 heteroatoms. The van der Waals surface area contributed by atoms with Crippen LogP contribution in [0, 0.1) is 18.3 Å². The number of nitrogens with one attached hydrogen (secondary N) is 1. The molecule has 0 saturated carbocycles. The van der Waals surface area contributed by atoms with Crippen LogP contribution in [-0.2, 0) is 4.74 Å². The Morgan fingerprint density at radius 3 is 2.87 bits per heavy atom. The summed E-state index contributed by atoms with van der Waals surface area (Å²) in [7, 11) is 0. The number of ether oxygens (including phenoxy) is 2. The Bertz CT molecular complexity index is 718. The first-order chi connectivity index (χ1) is 11.3. The summed E-state index contributed by atoms with van der Waals surface area (Å²) in [6.07, 6.45) is 3.75. The molecule has 1 aliphatic heterocycles. The molecule has 3 rings (SSSR count). The van der Waals surface area contributed by atoms with E-state index in [4.69, 9.17) is 14.7 Å². The van der Waals surface area contributed by atoms with Crippen molar-refractivity contribution in [3.05, 3.63) is 47.7 Å². The molecule has 118 valence electrons. The monoisotopic (exact) mass is 309 g/mol. The van der Waals surface area contributed by atoms with Crippen LogP contribution < -0.4 is 10.1 Å². The molecular formula is C18H19N3O2. The third kappa shape index (κ3) is 3.79. The van der Waals surface area contributed by atoms with E-state index in [-0.39, 0.29) is 6.10 Å². The zero-order chi connectivity index (χ0) is 16.1. The fraction of sp³-hybridized carbons (Fsp3) is 0.333. The standard InChI is InChI=1S/C18H19N3O2/c1-13-11-15(21-18-14(12-19)3-2-8-20-18)4-5-17(13)23-16-6-9-22-10-7-16/h2-5,8,11,16H,6-7,9-10H2,1H3,(H,20,21). The highest BCUT2D eigenvalue weighted by molar-refractivity contribution is 5.64. The van der Waals surface area contributed by atoms with Crippen LogP contribution in [0.1, 0.15) is 24.0 Å². The van der Waals surface area contributed by atoms with Crippen LogP contribution in [0.5, 0.6) is 5.75 Å². The molecule has 1 aromatic carbocycles. The number of nitriles is 1. The lowest BCUT2D eigenvalue weighted by Crippen LogP contribution is -2.26. The minimum atomic E-state index is 0.224. The molecule has 1 saturated heterocycles. The molecule has 0 radical (unpaired) electrons. The van der Waals surface area contributed by atoms with Crippen LogP contribution >= 0.6 is 0 Å². The van der Waals surface area contributed by atoms with Gasteiger partial charge >= 0.3 is 0 Å². The second-order valence-electron chi connectivity index (χ2n) is 5.55. The van der Waals surface area contributed by atoms with Crippen molar-refractivity contribution in [2.24, 2.45) is 0 Å². The van der Waals surface area contributed by atoms with Gasteiger partial charge in [0, 0.05) is 24.7 Å². The molecule has 1 aliphatic rings. The number of nitrogens with zero attached hydrogens (tertiary/aromatic N) is 2. The van der Waals surface area contributed by atoms with Crippen LogP contribution in [-0.4, -0.2) is 24.3 Å². The number of benzene rings is 1. The van der Waals surface area contributed by atoms with Gasteiger partial charge in [-0.1, -0.05) is 0 Å². The maximum Gasteiger partial charge on any atom is 0.148 e. The number of pyridine rings is 1. The van der Waals surface area contributed by atoms with Gasteiger partial charge in [-0.2, -0.15) is 5.26 Å². The van der Waals surface area contributed by atoms with Crippen LogP contribution in [0.15, 0.2) is 36.5 Å². The van der Waals surface area contributed by atoms with Gasteiger partial charge < -0.3 is 14.8 Å². The van der Waals surface area contributed by atoms with Crippen molar-refractivity contribution < 1.29 is 9.47 Å². The molecule has 0 atom stereocenters. The van der Waals surface area contributed by atoms with Crippen molar-refractivity contribution in [3.63, 3.8) is 0 Å². The maximum absolute atomic E-state index is 9.12. The molecule has 0 amide bonds. The Kier molecular flexibility index (Phi) is 4.74. The second kappa shape index (κ2) is 7.12. The van der Waals surface area contributed by atoms with Gasteiger partial charge in [0.2, 0.25) is 0 Å². The molecule has 0 spiro atoms. The van der Waals surface area contributed by atoms with Gasteiger partial charge in [0.25, 0.3) is 0 Å². The predicted octanol–water partition coefficient (Wildman–Crippen LogP) is 3.56. The van der Waals surface area contributed by atoms with E-state index in [0.29, 0.717) is 11.4 Å². The smallest absolute Gasteiger partial charge is 0.148 e. The summed E-state index contributed by atoms with van der Waals surface area (Å²) in [6.45, 7) is 3.55. The van der Waals surface area contributed by atoms with E-state index >= 15 is 0 Å². The van der Waals surface area contributed by atoms with Crippen molar-refractivity contribution >= 4 is 11.5 Å². The van der Waals surface area contributed by atoms with Crippen LogP contribution in [0.25, 0.3) is 0 Å². The minimum absolute atomic E-state index is 0.224. The average Bonchev–Trinajstić information content (AvgIpc) is 2.59. The molecule has 1 fully saturated rings. The topological polar surface area (TPSA) is 67.2 Å². The summed E-state index contributed by atoms with van der Waals surface area (Å²) in [4.78, 5) is 4.21. The van der Waals surface area contributed by atoms with Gasteiger partial charge in [0.15, 0.2) is 0 Å². The van der Waals surface area contributed by atoms with E-state index in [1.165, 1.54) is 0 Å². The van der Waals surface area contributed by atoms with Crippen molar-refractivity contribution in [2.45, 2.75) is 25.9 Å². The molecular weight excluding hydrogens is 290 g/mol. The molecule has 1 aromatic heterocycles. The van der Waals surface area contributed by atoms with Crippen molar-refractivity contribution in [1.82, 2.24) is 4.98 Å². The van der Waals surface area contributed by atoms with Crippen LogP contribution in [0.2, 0.25) is 0 Å². The number of hydrogen-bond donors (Lipinski definition) is 1. The first-order valence-corrected chi connectivity index (χ1v) is 7.73. The normalized spacial score (nSPS) is 15.0. The molecule has 5 nitrogen and oxygen atoms in total. The summed E-state index contributed by atoms with van der Waals surface area (Å²) < 4.78 is 11.4. The molecule has 2 aromatic rings. The zero-order valence-electron chi connectivity index (χ0n) is 13.1. The van der Waals surface area contributed by atoms with Gasteiger partial charge in [-0.25, -0.2) is 4.98 Å². The number of aryl methyl sites for hydroxylation is 1. The molecule has 2 heterocycles. The Hall–Kier alpha value is -2.58. The number of hydrogen-bond acceptors (Lipinski definition) is 5. The second-order valence-corrected chi connectivity index (χ2v) is 5.55. The van der Waals surface area contributed by atoms with Gasteiger partial charge in [0.05, 0.1) is 18.8 Å². The van der Waals surface area contributed by atoms with Crippen LogP contribution in [0.3, 0.4) is 0 Å². The minimum Gasteiger partial charge on any atom is -0.490 e. The highest BCUT2D eigenvalue weighted by Crippen LogP contribution is 2.27. The van der Waals surface area contributed by atoms with Gasteiger partial charge in [0.1, 0.15) is 23.7 Å². The Labute approximate surface area is 135 Å². The lowest BCUT2D eigenvalue weighted by molar-refractivity contribution is 0.0253. The Balaban J connectivity index is 1.72. The number of aromatic nitrogens is 1. The molecule has 0 unspecified atom stereocenters. The summed E-state index contributed by atoms with van der Waals surface area (Å²) in [5, 5.41) is 12.3. The number of anilines is 2. The van der Waals surface area contributed by atoms with E-state index in [1.54, 1.807) is 18.3 Å². The van der Waals surface area contributed by atoms with Crippen molar-refractivity contribution in [2.75, 3.05) is 18.5 Å².